The monoisotopic (exact) mass is 360 g/mol. The van der Waals surface area contributed by atoms with Gasteiger partial charge in [0, 0.05) is 11.4 Å². The molecule has 1 fully saturated rings. The Morgan fingerprint density at radius 2 is 1.92 bits per heavy atom. The Hall–Kier alpha value is -1.54. The van der Waals surface area contributed by atoms with Crippen molar-refractivity contribution < 1.29 is 9.13 Å². The number of alkyl halides is 1. The van der Waals surface area contributed by atoms with E-state index in [2.05, 4.69) is 19.9 Å². The van der Waals surface area contributed by atoms with Gasteiger partial charge >= 0.3 is 0 Å². The second kappa shape index (κ2) is 7.37. The quantitative estimate of drug-likeness (QED) is 0.537. The van der Waals surface area contributed by atoms with Crippen LogP contribution in [0.5, 0.6) is 5.75 Å². The van der Waals surface area contributed by atoms with Crippen LogP contribution in [0, 0.1) is 11.2 Å². The van der Waals surface area contributed by atoms with Crippen molar-refractivity contribution in [3.8, 4) is 16.9 Å². The fourth-order valence-corrected chi connectivity index (χ4v) is 4.30. The van der Waals surface area contributed by atoms with Crippen LogP contribution >= 0.6 is 11.6 Å². The molecule has 2 aromatic rings. The topological polar surface area (TPSA) is 9.23 Å². The van der Waals surface area contributed by atoms with Crippen molar-refractivity contribution in [3.63, 3.8) is 0 Å². The van der Waals surface area contributed by atoms with E-state index in [1.165, 1.54) is 30.9 Å². The number of halogens is 2. The van der Waals surface area contributed by atoms with Gasteiger partial charge in [-0.15, -0.1) is 11.6 Å². The SMILES string of the molecule is COc1ccc(F)c(-c2ccc(CCl)cc2[C@@H]2CCCCC2(C)C)c1. The predicted octanol–water partition coefficient (Wildman–Crippen LogP) is 6.92. The van der Waals surface area contributed by atoms with Crippen molar-refractivity contribution in [2.75, 3.05) is 7.11 Å². The predicted molar refractivity (Wildman–Crippen MR) is 103 cm³/mol. The van der Waals surface area contributed by atoms with Gasteiger partial charge in [0.25, 0.3) is 0 Å². The van der Waals surface area contributed by atoms with Crippen LogP contribution in [-0.4, -0.2) is 7.11 Å². The van der Waals surface area contributed by atoms with Crippen LogP contribution in [0.3, 0.4) is 0 Å². The zero-order chi connectivity index (χ0) is 18.0. The summed E-state index contributed by atoms with van der Waals surface area (Å²) in [5.41, 5.74) is 4.08. The Balaban J connectivity index is 2.17. The molecule has 0 bridgehead atoms. The molecule has 0 amide bonds. The van der Waals surface area contributed by atoms with Crippen LogP contribution in [-0.2, 0) is 5.88 Å². The molecule has 0 heterocycles. The third kappa shape index (κ3) is 3.69. The highest BCUT2D eigenvalue weighted by molar-refractivity contribution is 6.17. The molecule has 0 radical (unpaired) electrons. The third-order valence-electron chi connectivity index (χ3n) is 5.62. The maximum absolute atomic E-state index is 14.6. The van der Waals surface area contributed by atoms with E-state index >= 15 is 0 Å². The molecule has 134 valence electrons. The average Bonchev–Trinajstić information content (AvgIpc) is 2.61. The minimum atomic E-state index is -0.214. The van der Waals surface area contributed by atoms with Gasteiger partial charge in [-0.3, -0.25) is 0 Å². The minimum Gasteiger partial charge on any atom is -0.497 e. The molecule has 0 N–H and O–H groups in total. The van der Waals surface area contributed by atoms with Crippen LogP contribution in [0.25, 0.3) is 11.1 Å². The van der Waals surface area contributed by atoms with E-state index in [1.54, 1.807) is 19.2 Å². The first kappa shape index (κ1) is 18.3. The number of methoxy groups -OCH3 is 1. The standard InChI is InChI=1S/C22H26ClFO/c1-22(2)11-5-4-6-20(22)18-12-15(14-23)7-9-17(18)19-13-16(25-3)8-10-21(19)24/h7-10,12-13,20H,4-6,11,14H2,1-3H3/t20-/m0/s1. The first-order chi connectivity index (χ1) is 12.0. The maximum Gasteiger partial charge on any atom is 0.131 e. The van der Waals surface area contributed by atoms with Crippen molar-refractivity contribution >= 4 is 11.6 Å². The molecule has 3 rings (SSSR count). The molecule has 0 saturated heterocycles. The number of rotatable bonds is 4. The Labute approximate surface area is 155 Å². The van der Waals surface area contributed by atoms with Gasteiger partial charge in [0.2, 0.25) is 0 Å². The Bertz CT molecular complexity index is 754. The molecular formula is C22H26ClFO. The normalized spacial score (nSPS) is 19.6. The summed E-state index contributed by atoms with van der Waals surface area (Å²) in [5.74, 6) is 1.34. The van der Waals surface area contributed by atoms with Gasteiger partial charge in [-0.05, 0) is 59.1 Å². The van der Waals surface area contributed by atoms with Gasteiger partial charge in [-0.25, -0.2) is 4.39 Å². The minimum absolute atomic E-state index is 0.202. The van der Waals surface area contributed by atoms with Gasteiger partial charge < -0.3 is 4.74 Å². The van der Waals surface area contributed by atoms with E-state index in [-0.39, 0.29) is 11.2 Å². The summed E-state index contributed by atoms with van der Waals surface area (Å²) in [6, 6.07) is 11.1. The molecule has 0 aliphatic heterocycles. The fraction of sp³-hybridized carbons (Fsp3) is 0.455. The van der Waals surface area contributed by atoms with Gasteiger partial charge in [0.1, 0.15) is 11.6 Å². The highest BCUT2D eigenvalue weighted by Crippen LogP contribution is 2.49. The van der Waals surface area contributed by atoms with Crippen LogP contribution in [0.4, 0.5) is 4.39 Å². The molecule has 0 unspecified atom stereocenters. The number of benzene rings is 2. The highest BCUT2D eigenvalue weighted by Gasteiger charge is 2.35. The van der Waals surface area contributed by atoms with Crippen LogP contribution < -0.4 is 4.74 Å². The van der Waals surface area contributed by atoms with E-state index in [4.69, 9.17) is 16.3 Å². The van der Waals surface area contributed by atoms with E-state index < -0.39 is 0 Å². The first-order valence-corrected chi connectivity index (χ1v) is 9.52. The van der Waals surface area contributed by atoms with E-state index in [0.717, 1.165) is 17.5 Å². The second-order valence-electron chi connectivity index (χ2n) is 7.69. The molecule has 2 aromatic carbocycles. The second-order valence-corrected chi connectivity index (χ2v) is 7.96. The number of ether oxygens (including phenoxy) is 1. The molecule has 1 aliphatic rings. The molecule has 1 atom stereocenters. The highest BCUT2D eigenvalue weighted by atomic mass is 35.5. The van der Waals surface area contributed by atoms with Crippen LogP contribution in [0.1, 0.15) is 56.6 Å². The molecule has 1 saturated carbocycles. The number of hydrogen-bond donors (Lipinski definition) is 0. The Morgan fingerprint density at radius 3 is 2.60 bits per heavy atom. The fourth-order valence-electron chi connectivity index (χ4n) is 4.14. The summed E-state index contributed by atoms with van der Waals surface area (Å²) >= 11 is 6.09. The summed E-state index contributed by atoms with van der Waals surface area (Å²) in [7, 11) is 1.61. The lowest BCUT2D eigenvalue weighted by atomic mass is 9.65. The van der Waals surface area contributed by atoms with Gasteiger partial charge in [-0.2, -0.15) is 0 Å². The van der Waals surface area contributed by atoms with Crippen LogP contribution in [0.15, 0.2) is 36.4 Å². The Morgan fingerprint density at radius 1 is 1.12 bits per heavy atom. The van der Waals surface area contributed by atoms with Crippen molar-refractivity contribution in [2.45, 2.75) is 51.3 Å². The van der Waals surface area contributed by atoms with Gasteiger partial charge in [-0.1, -0.05) is 44.9 Å². The van der Waals surface area contributed by atoms with Crippen LogP contribution in [0.2, 0.25) is 0 Å². The molecule has 1 nitrogen and oxygen atoms in total. The number of hydrogen-bond acceptors (Lipinski definition) is 1. The van der Waals surface area contributed by atoms with E-state index in [9.17, 15) is 4.39 Å². The summed E-state index contributed by atoms with van der Waals surface area (Å²) < 4.78 is 19.9. The van der Waals surface area contributed by atoms with Gasteiger partial charge in [0.15, 0.2) is 0 Å². The average molecular weight is 361 g/mol. The van der Waals surface area contributed by atoms with Gasteiger partial charge in [0.05, 0.1) is 7.11 Å². The lowest BCUT2D eigenvalue weighted by molar-refractivity contribution is 0.200. The van der Waals surface area contributed by atoms with E-state index in [1.807, 2.05) is 12.1 Å². The zero-order valence-corrected chi connectivity index (χ0v) is 16.0. The van der Waals surface area contributed by atoms with Crippen molar-refractivity contribution in [1.29, 1.82) is 0 Å². The summed E-state index contributed by atoms with van der Waals surface area (Å²) in [4.78, 5) is 0. The molecular weight excluding hydrogens is 335 g/mol. The third-order valence-corrected chi connectivity index (χ3v) is 5.93. The molecule has 0 aromatic heterocycles. The lowest BCUT2D eigenvalue weighted by Crippen LogP contribution is -2.26. The van der Waals surface area contributed by atoms with Crippen molar-refractivity contribution in [1.82, 2.24) is 0 Å². The first-order valence-electron chi connectivity index (χ1n) is 8.99. The Kier molecular flexibility index (Phi) is 5.38. The zero-order valence-electron chi connectivity index (χ0n) is 15.2. The molecule has 0 spiro atoms. The van der Waals surface area contributed by atoms with Crippen molar-refractivity contribution in [3.05, 3.63) is 53.3 Å². The molecule has 3 heteroatoms. The summed E-state index contributed by atoms with van der Waals surface area (Å²) in [6.07, 6.45) is 4.82. The largest absolute Gasteiger partial charge is 0.497 e. The lowest BCUT2D eigenvalue weighted by Gasteiger charge is -2.40. The summed E-state index contributed by atoms with van der Waals surface area (Å²) in [5, 5.41) is 0. The van der Waals surface area contributed by atoms with Crippen molar-refractivity contribution in [2.24, 2.45) is 5.41 Å². The smallest absolute Gasteiger partial charge is 0.131 e. The van der Waals surface area contributed by atoms with E-state index in [0.29, 0.717) is 23.1 Å². The summed E-state index contributed by atoms with van der Waals surface area (Å²) in [6.45, 7) is 4.66. The molecule has 25 heavy (non-hydrogen) atoms. The molecule has 1 aliphatic carbocycles. The maximum atomic E-state index is 14.6.